The third kappa shape index (κ3) is 3.29. The SMILES string of the molecule is CC(C)(C)C1=CCN(c2ccc([N+](=O)[O-])cc2C=O)CC1. The Morgan fingerprint density at radius 2 is 2.05 bits per heavy atom. The van der Waals surface area contributed by atoms with Crippen molar-refractivity contribution in [3.63, 3.8) is 0 Å². The molecule has 1 aliphatic heterocycles. The van der Waals surface area contributed by atoms with Crippen molar-refractivity contribution < 1.29 is 9.72 Å². The van der Waals surface area contributed by atoms with Crippen LogP contribution in [0, 0.1) is 15.5 Å². The highest BCUT2D eigenvalue weighted by Gasteiger charge is 2.23. The number of nitrogens with zero attached hydrogens (tertiary/aromatic N) is 2. The van der Waals surface area contributed by atoms with E-state index >= 15 is 0 Å². The fraction of sp³-hybridized carbons (Fsp3) is 0.438. The van der Waals surface area contributed by atoms with Crippen LogP contribution in [0.4, 0.5) is 11.4 Å². The van der Waals surface area contributed by atoms with Crippen LogP contribution in [0.5, 0.6) is 0 Å². The maximum Gasteiger partial charge on any atom is 0.270 e. The molecular formula is C16H20N2O3. The molecule has 5 heteroatoms. The quantitative estimate of drug-likeness (QED) is 0.369. The van der Waals surface area contributed by atoms with Gasteiger partial charge in [0, 0.05) is 36.5 Å². The van der Waals surface area contributed by atoms with E-state index in [2.05, 4.69) is 31.7 Å². The number of carbonyl (C=O) groups is 1. The lowest BCUT2D eigenvalue weighted by atomic mass is 9.83. The lowest BCUT2D eigenvalue weighted by molar-refractivity contribution is -0.384. The highest BCUT2D eigenvalue weighted by molar-refractivity contribution is 5.86. The third-order valence-electron chi connectivity index (χ3n) is 3.86. The minimum Gasteiger partial charge on any atom is -0.367 e. The minimum absolute atomic E-state index is 0.0521. The molecule has 5 nitrogen and oxygen atoms in total. The number of nitro benzene ring substituents is 1. The van der Waals surface area contributed by atoms with Gasteiger partial charge in [-0.3, -0.25) is 14.9 Å². The van der Waals surface area contributed by atoms with Crippen LogP contribution in [-0.4, -0.2) is 24.3 Å². The fourth-order valence-electron chi connectivity index (χ4n) is 2.61. The van der Waals surface area contributed by atoms with Crippen LogP contribution in [0.15, 0.2) is 29.8 Å². The molecule has 0 radical (unpaired) electrons. The van der Waals surface area contributed by atoms with E-state index in [1.165, 1.54) is 17.7 Å². The van der Waals surface area contributed by atoms with Gasteiger partial charge in [0.05, 0.1) is 4.92 Å². The molecule has 0 unspecified atom stereocenters. The Hall–Kier alpha value is -2.17. The number of hydrogen-bond donors (Lipinski definition) is 0. The van der Waals surface area contributed by atoms with Crippen molar-refractivity contribution in [1.29, 1.82) is 0 Å². The van der Waals surface area contributed by atoms with Crippen LogP contribution >= 0.6 is 0 Å². The van der Waals surface area contributed by atoms with Gasteiger partial charge >= 0.3 is 0 Å². The van der Waals surface area contributed by atoms with Gasteiger partial charge in [-0.05, 0) is 17.9 Å². The molecule has 0 N–H and O–H groups in total. The predicted molar refractivity (Wildman–Crippen MR) is 82.9 cm³/mol. The Kier molecular flexibility index (Phi) is 4.11. The molecule has 0 aliphatic carbocycles. The van der Waals surface area contributed by atoms with Crippen molar-refractivity contribution >= 4 is 17.7 Å². The van der Waals surface area contributed by atoms with Crippen molar-refractivity contribution in [2.24, 2.45) is 5.41 Å². The number of aldehydes is 1. The monoisotopic (exact) mass is 288 g/mol. The number of hydrogen-bond acceptors (Lipinski definition) is 4. The van der Waals surface area contributed by atoms with E-state index in [9.17, 15) is 14.9 Å². The van der Waals surface area contributed by atoms with E-state index in [4.69, 9.17) is 0 Å². The molecule has 0 saturated heterocycles. The molecule has 1 aliphatic rings. The summed E-state index contributed by atoms with van der Waals surface area (Å²) in [5.74, 6) is 0. The molecule has 2 rings (SSSR count). The predicted octanol–water partition coefficient (Wildman–Crippen LogP) is 3.59. The normalized spacial score (nSPS) is 15.6. The first kappa shape index (κ1) is 15.2. The number of nitro groups is 1. The molecule has 21 heavy (non-hydrogen) atoms. The summed E-state index contributed by atoms with van der Waals surface area (Å²) >= 11 is 0. The molecule has 0 fully saturated rings. The van der Waals surface area contributed by atoms with Crippen molar-refractivity contribution in [3.05, 3.63) is 45.5 Å². The van der Waals surface area contributed by atoms with Gasteiger partial charge in [0.2, 0.25) is 0 Å². The van der Waals surface area contributed by atoms with Gasteiger partial charge in [0.1, 0.15) is 0 Å². The summed E-state index contributed by atoms with van der Waals surface area (Å²) in [5, 5.41) is 10.8. The van der Waals surface area contributed by atoms with Gasteiger partial charge in [-0.2, -0.15) is 0 Å². The summed E-state index contributed by atoms with van der Waals surface area (Å²) in [6.45, 7) is 8.12. The zero-order valence-electron chi connectivity index (χ0n) is 12.6. The summed E-state index contributed by atoms with van der Waals surface area (Å²) in [5.41, 5.74) is 2.66. The molecule has 1 heterocycles. The largest absolute Gasteiger partial charge is 0.367 e. The fourth-order valence-corrected chi connectivity index (χ4v) is 2.61. The van der Waals surface area contributed by atoms with Crippen LogP contribution in [0.1, 0.15) is 37.6 Å². The van der Waals surface area contributed by atoms with Crippen LogP contribution in [-0.2, 0) is 0 Å². The van der Waals surface area contributed by atoms with Gasteiger partial charge in [-0.1, -0.05) is 32.4 Å². The first-order valence-electron chi connectivity index (χ1n) is 7.01. The molecule has 1 aromatic carbocycles. The highest BCUT2D eigenvalue weighted by atomic mass is 16.6. The Bertz CT molecular complexity index is 600. The summed E-state index contributed by atoms with van der Waals surface area (Å²) in [7, 11) is 0. The molecule has 0 spiro atoms. The van der Waals surface area contributed by atoms with Crippen LogP contribution < -0.4 is 4.90 Å². The number of rotatable bonds is 3. The molecule has 1 aromatic rings. The van der Waals surface area contributed by atoms with E-state index in [-0.39, 0.29) is 11.1 Å². The lowest BCUT2D eigenvalue weighted by Crippen LogP contribution is -2.31. The average molecular weight is 288 g/mol. The average Bonchev–Trinajstić information content (AvgIpc) is 2.45. The van der Waals surface area contributed by atoms with Gasteiger partial charge < -0.3 is 4.90 Å². The van der Waals surface area contributed by atoms with Crippen molar-refractivity contribution in [2.45, 2.75) is 27.2 Å². The summed E-state index contributed by atoms with van der Waals surface area (Å²) in [6.07, 6.45) is 3.82. The molecule has 0 aromatic heterocycles. The van der Waals surface area contributed by atoms with E-state index in [1.54, 1.807) is 6.07 Å². The van der Waals surface area contributed by atoms with Gasteiger partial charge in [0.15, 0.2) is 6.29 Å². The molecule has 0 bridgehead atoms. The first-order chi connectivity index (χ1) is 9.82. The third-order valence-corrected chi connectivity index (χ3v) is 3.86. The second-order valence-corrected chi connectivity index (χ2v) is 6.29. The molecule has 0 saturated carbocycles. The second-order valence-electron chi connectivity index (χ2n) is 6.29. The van der Waals surface area contributed by atoms with Gasteiger partial charge in [-0.25, -0.2) is 0 Å². The summed E-state index contributed by atoms with van der Waals surface area (Å²) in [6, 6.07) is 4.45. The number of benzene rings is 1. The Morgan fingerprint density at radius 1 is 1.33 bits per heavy atom. The Morgan fingerprint density at radius 3 is 2.52 bits per heavy atom. The van der Waals surface area contributed by atoms with Crippen LogP contribution in [0.25, 0.3) is 0 Å². The van der Waals surface area contributed by atoms with Crippen molar-refractivity contribution in [3.8, 4) is 0 Å². The minimum atomic E-state index is -0.482. The number of anilines is 1. The zero-order chi connectivity index (χ0) is 15.6. The zero-order valence-corrected chi connectivity index (χ0v) is 12.6. The van der Waals surface area contributed by atoms with E-state index in [1.807, 2.05) is 0 Å². The maximum atomic E-state index is 11.2. The van der Waals surface area contributed by atoms with Crippen LogP contribution in [0.3, 0.4) is 0 Å². The topological polar surface area (TPSA) is 63.4 Å². The lowest BCUT2D eigenvalue weighted by Gasteiger charge is -2.33. The summed E-state index contributed by atoms with van der Waals surface area (Å²) in [4.78, 5) is 23.6. The van der Waals surface area contributed by atoms with Gasteiger partial charge in [-0.15, -0.1) is 0 Å². The highest BCUT2D eigenvalue weighted by Crippen LogP contribution is 2.33. The second kappa shape index (κ2) is 5.68. The van der Waals surface area contributed by atoms with Crippen LogP contribution in [0.2, 0.25) is 0 Å². The maximum absolute atomic E-state index is 11.2. The standard InChI is InChI=1S/C16H20N2O3/c1-16(2,3)13-6-8-17(9-7-13)15-5-4-14(18(20)21)10-12(15)11-19/h4-6,10-11H,7-9H2,1-3H3. The van der Waals surface area contributed by atoms with E-state index in [0.717, 1.165) is 25.2 Å². The molecule has 0 atom stereocenters. The summed E-state index contributed by atoms with van der Waals surface area (Å²) < 4.78 is 0. The molecule has 0 amide bonds. The molecular weight excluding hydrogens is 268 g/mol. The Balaban J connectivity index is 2.26. The molecule has 112 valence electrons. The van der Waals surface area contributed by atoms with E-state index in [0.29, 0.717) is 11.8 Å². The number of carbonyl (C=O) groups excluding carboxylic acids is 1. The first-order valence-corrected chi connectivity index (χ1v) is 7.01. The van der Waals surface area contributed by atoms with Crippen molar-refractivity contribution in [1.82, 2.24) is 0 Å². The van der Waals surface area contributed by atoms with Crippen molar-refractivity contribution in [2.75, 3.05) is 18.0 Å². The van der Waals surface area contributed by atoms with E-state index < -0.39 is 4.92 Å². The Labute approximate surface area is 124 Å². The smallest absolute Gasteiger partial charge is 0.270 e. The number of non-ortho nitro benzene ring substituents is 1. The van der Waals surface area contributed by atoms with Gasteiger partial charge in [0.25, 0.3) is 5.69 Å².